The molecule has 1 aliphatic carbocycles. The highest BCUT2D eigenvalue weighted by Crippen LogP contribution is 2.55. The van der Waals surface area contributed by atoms with Crippen LogP contribution in [-0.2, 0) is 18.7 Å². The lowest BCUT2D eigenvalue weighted by molar-refractivity contribution is -0.140. The second-order valence-corrected chi connectivity index (χ2v) is 9.96. The van der Waals surface area contributed by atoms with Gasteiger partial charge in [-0.05, 0) is 12.3 Å². The van der Waals surface area contributed by atoms with E-state index in [1.165, 1.54) is 0 Å². The van der Waals surface area contributed by atoms with Gasteiger partial charge in [-0.15, -0.1) is 0 Å². The number of carboxylic acid groups (broad SMARTS) is 2. The smallest absolute Gasteiger partial charge is 0.340 e. The molecule has 146 valence electrons. The summed E-state index contributed by atoms with van der Waals surface area (Å²) in [6.07, 6.45) is 4.52. The van der Waals surface area contributed by atoms with E-state index in [2.05, 4.69) is 0 Å². The molecule has 2 unspecified atom stereocenters. The molecule has 10 nitrogen and oxygen atoms in total. The Hall–Kier alpha value is -0.760. The summed E-state index contributed by atoms with van der Waals surface area (Å²) in [6.45, 7) is 0. The molecule has 0 aromatic heterocycles. The quantitative estimate of drug-likeness (QED) is 0.306. The highest BCUT2D eigenvalue weighted by Gasteiger charge is 2.53. The van der Waals surface area contributed by atoms with Crippen molar-refractivity contribution in [3.8, 4) is 0 Å². The first-order chi connectivity index (χ1) is 11.4. The highest BCUT2D eigenvalue weighted by molar-refractivity contribution is 7.55. The standard InChI is InChI=1S/C13H24O10P2/c14-12(15)10(24(18,19)20)9(11(13(16)17)25(21,22)23)7-6-8-4-2-1-3-5-8/h8-11H,1-7H2,(H,14,15)(H,16,17)(H2,18,19,20)(H2,21,22,23). The van der Waals surface area contributed by atoms with Crippen molar-refractivity contribution in [1.29, 1.82) is 0 Å². The molecule has 12 heteroatoms. The fourth-order valence-electron chi connectivity index (χ4n) is 3.55. The third kappa shape index (κ3) is 6.47. The second-order valence-electron chi connectivity index (χ2n) is 6.49. The van der Waals surface area contributed by atoms with Crippen LogP contribution in [0.25, 0.3) is 0 Å². The summed E-state index contributed by atoms with van der Waals surface area (Å²) in [6, 6.07) is 0. The van der Waals surface area contributed by atoms with Gasteiger partial charge in [0.1, 0.15) is 0 Å². The van der Waals surface area contributed by atoms with Crippen molar-refractivity contribution in [3.63, 3.8) is 0 Å². The van der Waals surface area contributed by atoms with Gasteiger partial charge in [-0.2, -0.15) is 0 Å². The van der Waals surface area contributed by atoms with Crippen LogP contribution in [0, 0.1) is 11.8 Å². The molecule has 1 saturated carbocycles. The topological polar surface area (TPSA) is 190 Å². The first kappa shape index (κ1) is 22.3. The van der Waals surface area contributed by atoms with Crippen molar-refractivity contribution in [1.82, 2.24) is 0 Å². The molecular formula is C13H24O10P2. The predicted molar refractivity (Wildman–Crippen MR) is 86.2 cm³/mol. The van der Waals surface area contributed by atoms with Gasteiger partial charge in [0.2, 0.25) is 0 Å². The molecule has 0 aromatic carbocycles. The number of hydrogen-bond acceptors (Lipinski definition) is 4. The van der Waals surface area contributed by atoms with Crippen LogP contribution in [0.2, 0.25) is 0 Å². The number of rotatable bonds is 9. The molecule has 0 amide bonds. The number of hydrogen-bond donors (Lipinski definition) is 6. The average Bonchev–Trinajstić information content (AvgIpc) is 2.42. The summed E-state index contributed by atoms with van der Waals surface area (Å²) < 4.78 is 23.2. The van der Waals surface area contributed by atoms with Gasteiger partial charge in [-0.1, -0.05) is 38.5 Å². The van der Waals surface area contributed by atoms with Gasteiger partial charge in [-0.25, -0.2) is 0 Å². The van der Waals surface area contributed by atoms with E-state index in [1.54, 1.807) is 0 Å². The highest BCUT2D eigenvalue weighted by atomic mass is 31.2. The molecule has 25 heavy (non-hydrogen) atoms. The Morgan fingerprint density at radius 1 is 0.840 bits per heavy atom. The lowest BCUT2D eigenvalue weighted by Crippen LogP contribution is -2.41. The monoisotopic (exact) mass is 402 g/mol. The summed E-state index contributed by atoms with van der Waals surface area (Å²) >= 11 is 0. The molecule has 0 heterocycles. The molecule has 1 fully saturated rings. The summed E-state index contributed by atoms with van der Waals surface area (Å²) in [5.74, 6) is -5.70. The van der Waals surface area contributed by atoms with Gasteiger partial charge < -0.3 is 29.8 Å². The van der Waals surface area contributed by atoms with Gasteiger partial charge in [-0.3, -0.25) is 18.7 Å². The molecule has 1 aliphatic rings. The number of carboxylic acids is 2. The molecule has 0 saturated heterocycles. The van der Waals surface area contributed by atoms with E-state index < -0.39 is 44.4 Å². The lowest BCUT2D eigenvalue weighted by atomic mass is 9.82. The van der Waals surface area contributed by atoms with Crippen LogP contribution in [0.15, 0.2) is 0 Å². The Labute approximate surface area is 144 Å². The maximum Gasteiger partial charge on any atom is 0.340 e. The molecule has 0 aromatic rings. The van der Waals surface area contributed by atoms with Gasteiger partial charge in [0.25, 0.3) is 0 Å². The first-order valence-corrected chi connectivity index (χ1v) is 11.3. The zero-order chi connectivity index (χ0) is 19.4. The van der Waals surface area contributed by atoms with Crippen molar-refractivity contribution in [2.45, 2.75) is 56.3 Å². The second kappa shape index (κ2) is 8.75. The SMILES string of the molecule is O=C(O)C(C(CCC1CCCCC1)C(C(=O)O)P(=O)(O)O)P(=O)(O)O. The minimum atomic E-state index is -5.33. The number of aliphatic carboxylic acids is 2. The van der Waals surface area contributed by atoms with Crippen LogP contribution in [0.4, 0.5) is 0 Å². The van der Waals surface area contributed by atoms with E-state index in [1.807, 2.05) is 0 Å². The van der Waals surface area contributed by atoms with Gasteiger partial charge >= 0.3 is 27.1 Å². The fraction of sp³-hybridized carbons (Fsp3) is 0.846. The Kier molecular flexibility index (Phi) is 7.80. The van der Waals surface area contributed by atoms with Crippen molar-refractivity contribution in [2.75, 3.05) is 0 Å². The third-order valence-corrected chi connectivity index (χ3v) is 7.33. The lowest BCUT2D eigenvalue weighted by Gasteiger charge is -2.31. The largest absolute Gasteiger partial charge is 0.481 e. The Morgan fingerprint density at radius 3 is 1.56 bits per heavy atom. The zero-order valence-electron chi connectivity index (χ0n) is 13.5. The third-order valence-electron chi connectivity index (χ3n) is 4.67. The maximum absolute atomic E-state index is 11.6. The van der Waals surface area contributed by atoms with Crippen molar-refractivity contribution >= 4 is 27.1 Å². The van der Waals surface area contributed by atoms with Gasteiger partial charge in [0.15, 0.2) is 11.3 Å². The van der Waals surface area contributed by atoms with E-state index in [4.69, 9.17) is 0 Å². The van der Waals surface area contributed by atoms with Gasteiger partial charge in [0.05, 0.1) is 0 Å². The van der Waals surface area contributed by atoms with Crippen LogP contribution in [0.3, 0.4) is 0 Å². The first-order valence-electron chi connectivity index (χ1n) is 7.91. The fourth-order valence-corrected chi connectivity index (χ4v) is 5.90. The average molecular weight is 402 g/mol. The van der Waals surface area contributed by atoms with Crippen LogP contribution < -0.4 is 0 Å². The Bertz CT molecular complexity index is 533. The van der Waals surface area contributed by atoms with Crippen molar-refractivity contribution < 1.29 is 48.5 Å². The molecule has 0 aliphatic heterocycles. The van der Waals surface area contributed by atoms with Crippen molar-refractivity contribution in [2.24, 2.45) is 11.8 Å². The normalized spacial score (nSPS) is 20.6. The molecule has 6 N–H and O–H groups in total. The van der Waals surface area contributed by atoms with E-state index in [-0.39, 0.29) is 18.8 Å². The van der Waals surface area contributed by atoms with E-state index >= 15 is 0 Å². The Balaban J connectivity index is 3.18. The van der Waals surface area contributed by atoms with E-state index in [0.717, 1.165) is 32.1 Å². The Morgan fingerprint density at radius 2 is 1.24 bits per heavy atom. The minimum Gasteiger partial charge on any atom is -0.481 e. The summed E-state index contributed by atoms with van der Waals surface area (Å²) in [4.78, 5) is 60.1. The molecule has 2 atom stereocenters. The van der Waals surface area contributed by atoms with E-state index in [0.29, 0.717) is 0 Å². The molecule has 0 radical (unpaired) electrons. The zero-order valence-corrected chi connectivity index (χ0v) is 15.3. The van der Waals surface area contributed by atoms with Gasteiger partial charge in [0, 0.05) is 5.92 Å². The molecule has 0 spiro atoms. The van der Waals surface area contributed by atoms with Crippen LogP contribution in [0.5, 0.6) is 0 Å². The summed E-state index contributed by atoms with van der Waals surface area (Å²) in [7, 11) is -10.7. The van der Waals surface area contributed by atoms with Crippen LogP contribution >= 0.6 is 15.2 Å². The summed E-state index contributed by atoms with van der Waals surface area (Å²) in [5, 5.41) is 18.3. The van der Waals surface area contributed by atoms with Crippen LogP contribution in [-0.4, -0.2) is 53.0 Å². The maximum atomic E-state index is 11.6. The minimum absolute atomic E-state index is 0.119. The van der Waals surface area contributed by atoms with E-state index in [9.17, 15) is 48.5 Å². The molecule has 1 rings (SSSR count). The molecule has 0 bridgehead atoms. The van der Waals surface area contributed by atoms with Crippen LogP contribution in [0.1, 0.15) is 44.9 Å². The predicted octanol–water partition coefficient (Wildman–Crippen LogP) is 1.22. The molecular weight excluding hydrogens is 378 g/mol. The number of carbonyl (C=O) groups is 2. The van der Waals surface area contributed by atoms with Crippen molar-refractivity contribution in [3.05, 3.63) is 0 Å². The summed E-state index contributed by atoms with van der Waals surface area (Å²) in [5.41, 5.74) is -4.96.